The molecule has 0 spiro atoms. The highest BCUT2D eigenvalue weighted by Gasteiger charge is 2.23. The van der Waals surface area contributed by atoms with E-state index in [0.29, 0.717) is 6.54 Å². The molecule has 0 radical (unpaired) electrons. The molecule has 3 nitrogen and oxygen atoms in total. The second-order valence-corrected chi connectivity index (χ2v) is 6.59. The minimum atomic E-state index is -0.688. The van der Waals surface area contributed by atoms with Crippen molar-refractivity contribution in [1.29, 1.82) is 0 Å². The summed E-state index contributed by atoms with van der Waals surface area (Å²) in [6.07, 6.45) is 0.856. The molecule has 0 saturated heterocycles. The lowest BCUT2D eigenvalue weighted by molar-refractivity contribution is 0.0315. The highest BCUT2D eigenvalue weighted by Crippen LogP contribution is 2.24. The van der Waals surface area contributed by atoms with E-state index in [1.165, 1.54) is 17.7 Å². The van der Waals surface area contributed by atoms with Crippen LogP contribution in [0, 0.1) is 5.82 Å². The summed E-state index contributed by atoms with van der Waals surface area (Å²) in [6.45, 7) is 5.99. The average Bonchev–Trinajstić information content (AvgIpc) is 2.45. The lowest BCUT2D eigenvalue weighted by Gasteiger charge is -2.32. The Kier molecular flexibility index (Phi) is 3.98. The minimum absolute atomic E-state index is 0.242. The monoisotopic (exact) mass is 300 g/mol. The summed E-state index contributed by atoms with van der Waals surface area (Å²) >= 11 is 0. The third-order valence-corrected chi connectivity index (χ3v) is 3.86. The first kappa shape index (κ1) is 15.1. The zero-order valence-corrected chi connectivity index (χ0v) is 13.0. The van der Waals surface area contributed by atoms with Gasteiger partial charge in [0.1, 0.15) is 5.82 Å². The Bertz CT molecular complexity index is 679. The number of nitrogens with zero attached hydrogens (tertiary/aromatic N) is 2. The van der Waals surface area contributed by atoms with Gasteiger partial charge in [-0.2, -0.15) is 0 Å². The summed E-state index contributed by atoms with van der Waals surface area (Å²) in [7, 11) is 0. The third-order valence-electron chi connectivity index (χ3n) is 3.86. The van der Waals surface area contributed by atoms with Crippen LogP contribution in [-0.4, -0.2) is 33.7 Å². The molecule has 0 bridgehead atoms. The smallest absolute Gasteiger partial charge is 0.123 e. The number of halogens is 1. The van der Waals surface area contributed by atoms with Crippen molar-refractivity contribution in [1.82, 2.24) is 9.88 Å². The minimum Gasteiger partial charge on any atom is -0.389 e. The fourth-order valence-electron chi connectivity index (χ4n) is 2.97. The second kappa shape index (κ2) is 5.78. The number of fused-ring (bicyclic) bond motifs is 1. The molecule has 1 aromatic heterocycles. The molecule has 0 amide bonds. The molecule has 1 aliphatic rings. The van der Waals surface area contributed by atoms with Crippen molar-refractivity contribution in [2.75, 3.05) is 13.1 Å². The maximum absolute atomic E-state index is 13.3. The van der Waals surface area contributed by atoms with Gasteiger partial charge in [-0.25, -0.2) is 4.39 Å². The highest BCUT2D eigenvalue weighted by molar-refractivity contribution is 5.59. The molecule has 0 unspecified atom stereocenters. The van der Waals surface area contributed by atoms with Gasteiger partial charge in [-0.1, -0.05) is 18.2 Å². The van der Waals surface area contributed by atoms with E-state index in [9.17, 15) is 9.50 Å². The van der Waals surface area contributed by atoms with Gasteiger partial charge in [0.2, 0.25) is 0 Å². The zero-order chi connectivity index (χ0) is 15.7. The van der Waals surface area contributed by atoms with Crippen LogP contribution in [0.4, 0.5) is 4.39 Å². The van der Waals surface area contributed by atoms with Gasteiger partial charge in [0.05, 0.1) is 11.3 Å². The van der Waals surface area contributed by atoms with Gasteiger partial charge in [0.25, 0.3) is 0 Å². The van der Waals surface area contributed by atoms with Gasteiger partial charge in [-0.15, -0.1) is 0 Å². The summed E-state index contributed by atoms with van der Waals surface area (Å²) < 4.78 is 13.3. The Labute approximate surface area is 130 Å². The van der Waals surface area contributed by atoms with Gasteiger partial charge >= 0.3 is 0 Å². The number of hydrogen-bond donors (Lipinski definition) is 1. The molecule has 3 rings (SSSR count). The molecule has 22 heavy (non-hydrogen) atoms. The van der Waals surface area contributed by atoms with Crippen molar-refractivity contribution in [3.8, 4) is 11.3 Å². The Morgan fingerprint density at radius 3 is 2.82 bits per heavy atom. The molecule has 0 aliphatic carbocycles. The number of β-amino-alcohol motifs (C(OH)–C–C–N with tert-alkyl or cyclic N) is 1. The fourth-order valence-corrected chi connectivity index (χ4v) is 2.97. The molecule has 0 fully saturated rings. The van der Waals surface area contributed by atoms with E-state index in [-0.39, 0.29) is 5.82 Å². The van der Waals surface area contributed by atoms with E-state index in [1.807, 2.05) is 26.0 Å². The molecule has 2 heterocycles. The molecule has 116 valence electrons. The number of rotatable bonds is 3. The normalized spacial score (nSPS) is 15.6. The lowest BCUT2D eigenvalue weighted by Crippen LogP contribution is -2.41. The Balaban J connectivity index is 1.82. The van der Waals surface area contributed by atoms with E-state index in [2.05, 4.69) is 11.0 Å². The van der Waals surface area contributed by atoms with Crippen LogP contribution in [0.1, 0.15) is 25.1 Å². The van der Waals surface area contributed by atoms with Crippen molar-refractivity contribution in [2.45, 2.75) is 32.4 Å². The van der Waals surface area contributed by atoms with Crippen molar-refractivity contribution in [3.63, 3.8) is 0 Å². The quantitative estimate of drug-likeness (QED) is 0.946. The highest BCUT2D eigenvalue weighted by atomic mass is 19.1. The summed E-state index contributed by atoms with van der Waals surface area (Å²) in [6, 6.07) is 10.5. The maximum Gasteiger partial charge on any atom is 0.123 e. The standard InChI is InChI=1S/C18H21FN2O/c1-18(2,22)12-21-9-8-17-14(11-21)6-7-16(20-17)13-4-3-5-15(19)10-13/h3-7,10,22H,8-9,11-12H2,1-2H3. The molecule has 1 aliphatic heterocycles. The molecule has 2 aromatic rings. The van der Waals surface area contributed by atoms with E-state index in [4.69, 9.17) is 4.98 Å². The van der Waals surface area contributed by atoms with Crippen LogP contribution in [-0.2, 0) is 13.0 Å². The first-order chi connectivity index (χ1) is 10.4. The number of aromatic nitrogens is 1. The van der Waals surface area contributed by atoms with Gasteiger partial charge in [-0.05, 0) is 37.6 Å². The van der Waals surface area contributed by atoms with Crippen LogP contribution in [0.15, 0.2) is 36.4 Å². The van der Waals surface area contributed by atoms with E-state index in [1.54, 1.807) is 6.07 Å². The predicted molar refractivity (Wildman–Crippen MR) is 84.9 cm³/mol. The van der Waals surface area contributed by atoms with E-state index in [0.717, 1.165) is 36.5 Å². The summed E-state index contributed by atoms with van der Waals surface area (Å²) in [4.78, 5) is 6.94. The molecule has 1 N–H and O–H groups in total. The lowest BCUT2D eigenvalue weighted by atomic mass is 10.0. The van der Waals surface area contributed by atoms with Crippen LogP contribution in [0.3, 0.4) is 0 Å². The average molecular weight is 300 g/mol. The van der Waals surface area contributed by atoms with E-state index >= 15 is 0 Å². The molecule has 0 atom stereocenters. The van der Waals surface area contributed by atoms with Crippen molar-refractivity contribution in [2.24, 2.45) is 0 Å². The SMILES string of the molecule is CC(C)(O)CN1CCc2nc(-c3cccc(F)c3)ccc2C1. The third kappa shape index (κ3) is 3.51. The first-order valence-electron chi connectivity index (χ1n) is 7.60. The van der Waals surface area contributed by atoms with Gasteiger partial charge in [0.15, 0.2) is 0 Å². The summed E-state index contributed by atoms with van der Waals surface area (Å²) in [5.41, 5.74) is 3.20. The Morgan fingerprint density at radius 1 is 1.27 bits per heavy atom. The molecule has 4 heteroatoms. The van der Waals surface area contributed by atoms with Crippen LogP contribution < -0.4 is 0 Å². The van der Waals surface area contributed by atoms with Crippen molar-refractivity contribution < 1.29 is 9.50 Å². The van der Waals surface area contributed by atoms with Crippen LogP contribution in [0.5, 0.6) is 0 Å². The predicted octanol–water partition coefficient (Wildman–Crippen LogP) is 3.02. The Morgan fingerprint density at radius 2 is 2.09 bits per heavy atom. The Hall–Kier alpha value is -1.78. The zero-order valence-electron chi connectivity index (χ0n) is 13.0. The van der Waals surface area contributed by atoms with Crippen molar-refractivity contribution in [3.05, 3.63) is 53.5 Å². The fraction of sp³-hybridized carbons (Fsp3) is 0.389. The van der Waals surface area contributed by atoms with Gasteiger partial charge < -0.3 is 5.11 Å². The molecule has 0 saturated carbocycles. The van der Waals surface area contributed by atoms with Crippen LogP contribution in [0.25, 0.3) is 11.3 Å². The molecular weight excluding hydrogens is 279 g/mol. The number of pyridine rings is 1. The molecule has 1 aromatic carbocycles. The number of hydrogen-bond acceptors (Lipinski definition) is 3. The topological polar surface area (TPSA) is 36.4 Å². The van der Waals surface area contributed by atoms with Crippen LogP contribution in [0.2, 0.25) is 0 Å². The summed E-state index contributed by atoms with van der Waals surface area (Å²) in [5.74, 6) is -0.242. The van der Waals surface area contributed by atoms with E-state index < -0.39 is 5.60 Å². The van der Waals surface area contributed by atoms with Gasteiger partial charge in [-0.3, -0.25) is 9.88 Å². The molecular formula is C18H21FN2O. The number of aliphatic hydroxyl groups is 1. The van der Waals surface area contributed by atoms with Crippen LogP contribution >= 0.6 is 0 Å². The maximum atomic E-state index is 13.3. The van der Waals surface area contributed by atoms with Gasteiger partial charge in [0, 0.05) is 37.3 Å². The largest absolute Gasteiger partial charge is 0.389 e. The first-order valence-corrected chi connectivity index (χ1v) is 7.60. The summed E-state index contributed by atoms with van der Waals surface area (Å²) in [5, 5.41) is 9.94. The number of benzene rings is 1. The van der Waals surface area contributed by atoms with Crippen molar-refractivity contribution >= 4 is 0 Å². The second-order valence-electron chi connectivity index (χ2n) is 6.59.